The van der Waals surface area contributed by atoms with E-state index in [0.717, 1.165) is 54.2 Å². The lowest BCUT2D eigenvalue weighted by molar-refractivity contribution is -0.120. The fourth-order valence-corrected chi connectivity index (χ4v) is 3.42. The number of hydrogen-bond donors (Lipinski definition) is 1. The molecule has 1 amide bonds. The second kappa shape index (κ2) is 7.61. The Morgan fingerprint density at radius 2 is 1.89 bits per heavy atom. The highest BCUT2D eigenvalue weighted by atomic mass is 16.5. The van der Waals surface area contributed by atoms with Crippen molar-refractivity contribution in [2.45, 2.75) is 12.8 Å². The predicted octanol–water partition coefficient (Wildman–Crippen LogP) is 3.49. The van der Waals surface area contributed by atoms with Gasteiger partial charge in [0.2, 0.25) is 5.91 Å². The van der Waals surface area contributed by atoms with Crippen LogP contribution in [0, 0.1) is 5.92 Å². The summed E-state index contributed by atoms with van der Waals surface area (Å²) in [6.07, 6.45) is 3.41. The van der Waals surface area contributed by atoms with Crippen LogP contribution < -0.4 is 15.0 Å². The molecule has 0 aliphatic carbocycles. The summed E-state index contributed by atoms with van der Waals surface area (Å²) in [6.45, 7) is 1.59. The standard InChI is InChI=1S/C21H22N4O2/c1-27-17-6-4-5-16(13-17)23-21(26)15-9-11-25(12-10-15)20-14-22-18-7-2-3-8-19(18)24-20/h2-8,13-15H,9-12H2,1H3,(H,23,26). The number of piperidine rings is 1. The highest BCUT2D eigenvalue weighted by Crippen LogP contribution is 2.25. The van der Waals surface area contributed by atoms with Crippen molar-refractivity contribution < 1.29 is 9.53 Å². The predicted molar refractivity (Wildman–Crippen MR) is 106 cm³/mol. The van der Waals surface area contributed by atoms with Gasteiger partial charge in [-0.15, -0.1) is 0 Å². The fourth-order valence-electron chi connectivity index (χ4n) is 3.42. The van der Waals surface area contributed by atoms with Gasteiger partial charge in [0.15, 0.2) is 0 Å². The van der Waals surface area contributed by atoms with Crippen LogP contribution in [0.15, 0.2) is 54.7 Å². The van der Waals surface area contributed by atoms with Crippen LogP contribution in [-0.2, 0) is 4.79 Å². The Morgan fingerprint density at radius 1 is 1.11 bits per heavy atom. The number of para-hydroxylation sites is 2. The molecule has 0 bridgehead atoms. The van der Waals surface area contributed by atoms with Gasteiger partial charge in [-0.1, -0.05) is 18.2 Å². The number of rotatable bonds is 4. The number of carbonyl (C=O) groups is 1. The number of amides is 1. The van der Waals surface area contributed by atoms with E-state index in [0.29, 0.717) is 0 Å². The Balaban J connectivity index is 1.38. The van der Waals surface area contributed by atoms with Crippen molar-refractivity contribution in [2.75, 3.05) is 30.4 Å². The van der Waals surface area contributed by atoms with Gasteiger partial charge in [-0.3, -0.25) is 9.78 Å². The van der Waals surface area contributed by atoms with Crippen molar-refractivity contribution in [1.29, 1.82) is 0 Å². The topological polar surface area (TPSA) is 67.3 Å². The summed E-state index contributed by atoms with van der Waals surface area (Å²) < 4.78 is 5.20. The molecule has 2 heterocycles. The zero-order valence-electron chi connectivity index (χ0n) is 15.3. The van der Waals surface area contributed by atoms with E-state index in [2.05, 4.69) is 15.2 Å². The zero-order valence-corrected chi connectivity index (χ0v) is 15.3. The second-order valence-electron chi connectivity index (χ2n) is 6.70. The van der Waals surface area contributed by atoms with Gasteiger partial charge in [0.1, 0.15) is 11.6 Å². The third-order valence-electron chi connectivity index (χ3n) is 4.96. The van der Waals surface area contributed by atoms with Gasteiger partial charge in [-0.25, -0.2) is 4.98 Å². The number of anilines is 2. The number of methoxy groups -OCH3 is 1. The summed E-state index contributed by atoms with van der Waals surface area (Å²) in [5.74, 6) is 1.67. The van der Waals surface area contributed by atoms with E-state index in [-0.39, 0.29) is 11.8 Å². The van der Waals surface area contributed by atoms with Crippen LogP contribution in [0.4, 0.5) is 11.5 Å². The minimum Gasteiger partial charge on any atom is -0.497 e. The maximum atomic E-state index is 12.6. The van der Waals surface area contributed by atoms with E-state index in [4.69, 9.17) is 9.72 Å². The highest BCUT2D eigenvalue weighted by Gasteiger charge is 2.26. The molecule has 0 unspecified atom stereocenters. The van der Waals surface area contributed by atoms with Crippen LogP contribution >= 0.6 is 0 Å². The Kier molecular flexibility index (Phi) is 4.87. The van der Waals surface area contributed by atoms with Crippen molar-refractivity contribution in [1.82, 2.24) is 9.97 Å². The minimum atomic E-state index is 0.000802. The average molecular weight is 362 g/mol. The lowest BCUT2D eigenvalue weighted by atomic mass is 9.96. The van der Waals surface area contributed by atoms with Gasteiger partial charge in [-0.2, -0.15) is 0 Å². The van der Waals surface area contributed by atoms with Crippen LogP contribution in [0.25, 0.3) is 11.0 Å². The van der Waals surface area contributed by atoms with Gasteiger partial charge < -0.3 is 15.0 Å². The van der Waals surface area contributed by atoms with Gasteiger partial charge in [0.05, 0.1) is 24.3 Å². The highest BCUT2D eigenvalue weighted by molar-refractivity contribution is 5.92. The van der Waals surface area contributed by atoms with Crippen molar-refractivity contribution in [2.24, 2.45) is 5.92 Å². The molecule has 0 spiro atoms. The smallest absolute Gasteiger partial charge is 0.227 e. The Morgan fingerprint density at radius 3 is 2.67 bits per heavy atom. The van der Waals surface area contributed by atoms with Crippen molar-refractivity contribution in [3.63, 3.8) is 0 Å². The molecule has 6 heteroatoms. The number of aromatic nitrogens is 2. The minimum absolute atomic E-state index is 0.000802. The van der Waals surface area contributed by atoms with E-state index in [9.17, 15) is 4.79 Å². The largest absolute Gasteiger partial charge is 0.497 e. The number of nitrogens with one attached hydrogen (secondary N) is 1. The van der Waals surface area contributed by atoms with Gasteiger partial charge in [0, 0.05) is 30.8 Å². The molecule has 0 radical (unpaired) electrons. The van der Waals surface area contributed by atoms with Gasteiger partial charge >= 0.3 is 0 Å². The molecular weight excluding hydrogens is 340 g/mol. The molecule has 1 N–H and O–H groups in total. The molecule has 138 valence electrons. The van der Waals surface area contributed by atoms with Gasteiger partial charge in [-0.05, 0) is 37.1 Å². The molecular formula is C21H22N4O2. The molecule has 6 nitrogen and oxygen atoms in total. The monoisotopic (exact) mass is 362 g/mol. The summed E-state index contributed by atoms with van der Waals surface area (Å²) in [7, 11) is 1.62. The Bertz CT molecular complexity index is 952. The number of hydrogen-bond acceptors (Lipinski definition) is 5. The van der Waals surface area contributed by atoms with Crippen molar-refractivity contribution in [3.05, 3.63) is 54.7 Å². The van der Waals surface area contributed by atoms with Crippen LogP contribution in [0.1, 0.15) is 12.8 Å². The third-order valence-corrected chi connectivity index (χ3v) is 4.96. The van der Waals surface area contributed by atoms with Crippen LogP contribution in [-0.4, -0.2) is 36.1 Å². The number of ether oxygens (including phenoxy) is 1. The van der Waals surface area contributed by atoms with E-state index >= 15 is 0 Å². The maximum Gasteiger partial charge on any atom is 0.227 e. The molecule has 0 atom stereocenters. The number of carbonyl (C=O) groups excluding carboxylic acids is 1. The Hall–Kier alpha value is -3.15. The molecule has 1 saturated heterocycles. The summed E-state index contributed by atoms with van der Waals surface area (Å²) in [4.78, 5) is 24.0. The number of fused-ring (bicyclic) bond motifs is 1. The van der Waals surface area contributed by atoms with Crippen LogP contribution in [0.2, 0.25) is 0 Å². The second-order valence-corrected chi connectivity index (χ2v) is 6.70. The molecule has 27 heavy (non-hydrogen) atoms. The molecule has 0 saturated carbocycles. The average Bonchev–Trinajstić information content (AvgIpc) is 2.73. The first-order valence-electron chi connectivity index (χ1n) is 9.14. The van der Waals surface area contributed by atoms with Crippen molar-refractivity contribution in [3.8, 4) is 5.75 Å². The number of nitrogens with zero attached hydrogens (tertiary/aromatic N) is 3. The lowest BCUT2D eigenvalue weighted by Crippen LogP contribution is -2.38. The molecule has 2 aromatic carbocycles. The summed E-state index contributed by atoms with van der Waals surface area (Å²) in [5.41, 5.74) is 2.56. The molecule has 3 aromatic rings. The molecule has 4 rings (SSSR count). The number of benzene rings is 2. The normalized spacial score (nSPS) is 14.9. The molecule has 1 aliphatic rings. The third kappa shape index (κ3) is 3.84. The van der Waals surface area contributed by atoms with Crippen LogP contribution in [0.3, 0.4) is 0 Å². The van der Waals surface area contributed by atoms with Crippen LogP contribution in [0.5, 0.6) is 5.75 Å². The summed E-state index contributed by atoms with van der Waals surface area (Å²) >= 11 is 0. The SMILES string of the molecule is COc1cccc(NC(=O)C2CCN(c3cnc4ccccc4n3)CC2)c1. The molecule has 1 fully saturated rings. The molecule has 1 aromatic heterocycles. The van der Waals surface area contributed by atoms with E-state index < -0.39 is 0 Å². The fraction of sp³-hybridized carbons (Fsp3) is 0.286. The Labute approximate surface area is 158 Å². The van der Waals surface area contributed by atoms with Gasteiger partial charge in [0.25, 0.3) is 0 Å². The zero-order chi connectivity index (χ0) is 18.6. The first-order valence-corrected chi connectivity index (χ1v) is 9.14. The molecule has 1 aliphatic heterocycles. The van der Waals surface area contributed by atoms with Crippen molar-refractivity contribution >= 4 is 28.4 Å². The first kappa shape index (κ1) is 17.3. The quantitative estimate of drug-likeness (QED) is 0.769. The first-order chi connectivity index (χ1) is 13.2. The maximum absolute atomic E-state index is 12.6. The van der Waals surface area contributed by atoms with E-state index in [1.54, 1.807) is 7.11 Å². The van der Waals surface area contributed by atoms with E-state index in [1.165, 1.54) is 0 Å². The summed E-state index contributed by atoms with van der Waals surface area (Å²) in [6, 6.07) is 15.3. The lowest BCUT2D eigenvalue weighted by Gasteiger charge is -2.32. The summed E-state index contributed by atoms with van der Waals surface area (Å²) in [5, 5.41) is 3.00. The van der Waals surface area contributed by atoms with E-state index in [1.807, 2.05) is 54.7 Å².